The van der Waals surface area contributed by atoms with Crippen molar-refractivity contribution in [2.75, 3.05) is 0 Å². The molecule has 1 heterocycles. The zero-order chi connectivity index (χ0) is 11.7. The van der Waals surface area contributed by atoms with Crippen LogP contribution < -0.4 is 0 Å². The van der Waals surface area contributed by atoms with E-state index in [2.05, 4.69) is 0 Å². The first-order valence-corrected chi connectivity index (χ1v) is 5.92. The van der Waals surface area contributed by atoms with E-state index in [9.17, 15) is 4.79 Å². The lowest BCUT2D eigenvalue weighted by Crippen LogP contribution is -1.96. The van der Waals surface area contributed by atoms with E-state index in [1.807, 2.05) is 18.4 Å². The summed E-state index contributed by atoms with van der Waals surface area (Å²) in [5.41, 5.74) is 2.20. The molecule has 16 heavy (non-hydrogen) atoms. The van der Waals surface area contributed by atoms with Crippen molar-refractivity contribution >= 4 is 28.9 Å². The summed E-state index contributed by atoms with van der Waals surface area (Å²) in [6.07, 6.45) is 0. The zero-order valence-electron chi connectivity index (χ0n) is 8.53. The summed E-state index contributed by atoms with van der Waals surface area (Å²) in [6, 6.07) is 6.89. The maximum absolute atomic E-state index is 10.9. The van der Waals surface area contributed by atoms with Gasteiger partial charge in [0.15, 0.2) is 0 Å². The molecule has 0 atom stereocenters. The first kappa shape index (κ1) is 11.2. The lowest BCUT2D eigenvalue weighted by Gasteiger charge is -2.03. The number of benzene rings is 1. The molecule has 0 saturated carbocycles. The molecular weight excluding hydrogens is 244 g/mol. The maximum Gasteiger partial charge on any atom is 0.335 e. The van der Waals surface area contributed by atoms with E-state index in [0.717, 1.165) is 16.0 Å². The highest BCUT2D eigenvalue weighted by Gasteiger charge is 2.09. The number of aryl methyl sites for hydroxylation is 1. The van der Waals surface area contributed by atoms with E-state index < -0.39 is 5.97 Å². The summed E-state index contributed by atoms with van der Waals surface area (Å²) in [7, 11) is 0. The molecule has 0 aliphatic heterocycles. The van der Waals surface area contributed by atoms with Crippen molar-refractivity contribution in [2.45, 2.75) is 6.92 Å². The normalized spacial score (nSPS) is 10.4. The van der Waals surface area contributed by atoms with Gasteiger partial charge >= 0.3 is 5.97 Å². The van der Waals surface area contributed by atoms with E-state index in [1.54, 1.807) is 23.5 Å². The topological polar surface area (TPSA) is 37.3 Å². The van der Waals surface area contributed by atoms with Crippen LogP contribution in [0.1, 0.15) is 15.9 Å². The highest BCUT2D eigenvalue weighted by Crippen LogP contribution is 2.31. The van der Waals surface area contributed by atoms with Crippen molar-refractivity contribution in [1.82, 2.24) is 0 Å². The van der Waals surface area contributed by atoms with Crippen LogP contribution in [-0.4, -0.2) is 11.1 Å². The van der Waals surface area contributed by atoms with Gasteiger partial charge in [-0.3, -0.25) is 0 Å². The molecule has 1 aromatic heterocycles. The van der Waals surface area contributed by atoms with Gasteiger partial charge in [0.25, 0.3) is 0 Å². The van der Waals surface area contributed by atoms with Crippen molar-refractivity contribution in [1.29, 1.82) is 0 Å². The quantitative estimate of drug-likeness (QED) is 0.875. The summed E-state index contributed by atoms with van der Waals surface area (Å²) < 4.78 is 0. The van der Waals surface area contributed by atoms with Crippen LogP contribution in [0.2, 0.25) is 5.02 Å². The van der Waals surface area contributed by atoms with Gasteiger partial charge in [-0.2, -0.15) is 0 Å². The maximum atomic E-state index is 10.9. The Balaban J connectivity index is 2.58. The number of hydrogen-bond acceptors (Lipinski definition) is 2. The Morgan fingerprint density at radius 3 is 2.69 bits per heavy atom. The number of carboxylic acid groups (broad SMARTS) is 1. The smallest absolute Gasteiger partial charge is 0.335 e. The molecule has 0 aliphatic rings. The van der Waals surface area contributed by atoms with Gasteiger partial charge in [0.1, 0.15) is 0 Å². The molecule has 2 nitrogen and oxygen atoms in total. The Bertz CT molecular complexity index is 546. The third-order valence-electron chi connectivity index (χ3n) is 2.27. The van der Waals surface area contributed by atoms with Crippen molar-refractivity contribution < 1.29 is 9.90 Å². The molecule has 4 heteroatoms. The zero-order valence-corrected chi connectivity index (χ0v) is 10.1. The van der Waals surface area contributed by atoms with Gasteiger partial charge in [0.2, 0.25) is 0 Å². The third kappa shape index (κ3) is 2.10. The van der Waals surface area contributed by atoms with Crippen molar-refractivity contribution in [3.05, 3.63) is 45.8 Å². The van der Waals surface area contributed by atoms with E-state index in [1.165, 1.54) is 6.07 Å². The van der Waals surface area contributed by atoms with E-state index >= 15 is 0 Å². The molecule has 0 amide bonds. The Kier molecular flexibility index (Phi) is 2.99. The number of thiophene rings is 1. The summed E-state index contributed by atoms with van der Waals surface area (Å²) in [4.78, 5) is 12.0. The second-order valence-electron chi connectivity index (χ2n) is 3.47. The number of aromatic carboxylic acids is 1. The minimum Gasteiger partial charge on any atom is -0.478 e. The molecule has 0 radical (unpaired) electrons. The standard InChI is InChI=1S/C12H9ClO2S/c1-7-2-3-16-11(7)8-4-9(12(14)15)6-10(13)5-8/h2-6H,1H3,(H,14,15). The number of carboxylic acids is 1. The van der Waals surface area contributed by atoms with E-state index in [0.29, 0.717) is 5.02 Å². The van der Waals surface area contributed by atoms with Gasteiger partial charge in [-0.25, -0.2) is 4.79 Å². The van der Waals surface area contributed by atoms with Crippen LogP contribution in [0.3, 0.4) is 0 Å². The summed E-state index contributed by atoms with van der Waals surface area (Å²) in [5, 5.41) is 11.4. The Hall–Kier alpha value is -1.32. The van der Waals surface area contributed by atoms with Crippen LogP contribution in [0.25, 0.3) is 10.4 Å². The largest absolute Gasteiger partial charge is 0.478 e. The second-order valence-corrected chi connectivity index (χ2v) is 4.82. The molecule has 0 bridgehead atoms. The molecular formula is C12H9ClO2S. The summed E-state index contributed by atoms with van der Waals surface area (Å²) >= 11 is 7.48. The Morgan fingerprint density at radius 2 is 2.12 bits per heavy atom. The molecule has 1 aromatic carbocycles. The fraction of sp³-hybridized carbons (Fsp3) is 0.0833. The second kappa shape index (κ2) is 4.28. The van der Waals surface area contributed by atoms with Gasteiger partial charge in [0, 0.05) is 9.90 Å². The van der Waals surface area contributed by atoms with Crippen LogP contribution in [0.4, 0.5) is 0 Å². The lowest BCUT2D eigenvalue weighted by molar-refractivity contribution is 0.0697. The van der Waals surface area contributed by atoms with E-state index in [4.69, 9.17) is 16.7 Å². The SMILES string of the molecule is Cc1ccsc1-c1cc(Cl)cc(C(=O)O)c1. The monoisotopic (exact) mass is 252 g/mol. The summed E-state index contributed by atoms with van der Waals surface area (Å²) in [5.74, 6) is -0.960. The fourth-order valence-corrected chi connectivity index (χ4v) is 2.66. The Labute approximate surface area is 102 Å². The molecule has 82 valence electrons. The van der Waals surface area contributed by atoms with Gasteiger partial charge in [0.05, 0.1) is 5.56 Å². The predicted molar refractivity (Wildman–Crippen MR) is 66.5 cm³/mol. The van der Waals surface area contributed by atoms with Crippen LogP contribution in [0.15, 0.2) is 29.6 Å². The van der Waals surface area contributed by atoms with Crippen LogP contribution >= 0.6 is 22.9 Å². The highest BCUT2D eigenvalue weighted by molar-refractivity contribution is 7.13. The van der Waals surface area contributed by atoms with Crippen LogP contribution in [0.5, 0.6) is 0 Å². The number of rotatable bonds is 2. The van der Waals surface area contributed by atoms with Crippen molar-refractivity contribution in [3.8, 4) is 10.4 Å². The Morgan fingerprint density at radius 1 is 1.38 bits per heavy atom. The van der Waals surface area contributed by atoms with E-state index in [-0.39, 0.29) is 5.56 Å². The molecule has 2 aromatic rings. The number of hydrogen-bond donors (Lipinski definition) is 1. The molecule has 0 unspecified atom stereocenters. The average molecular weight is 253 g/mol. The van der Waals surface area contributed by atoms with Gasteiger partial charge < -0.3 is 5.11 Å². The lowest BCUT2D eigenvalue weighted by atomic mass is 10.1. The first-order valence-electron chi connectivity index (χ1n) is 4.66. The summed E-state index contributed by atoms with van der Waals surface area (Å²) in [6.45, 7) is 1.99. The van der Waals surface area contributed by atoms with Crippen molar-refractivity contribution in [3.63, 3.8) is 0 Å². The molecule has 0 spiro atoms. The van der Waals surface area contributed by atoms with Crippen LogP contribution in [0, 0.1) is 6.92 Å². The minimum atomic E-state index is -0.960. The van der Waals surface area contributed by atoms with Gasteiger partial charge in [-0.1, -0.05) is 11.6 Å². The molecule has 1 N–H and O–H groups in total. The predicted octanol–water partition coefficient (Wildman–Crippen LogP) is 4.08. The third-order valence-corrected chi connectivity index (χ3v) is 3.55. The highest BCUT2D eigenvalue weighted by atomic mass is 35.5. The average Bonchev–Trinajstić information content (AvgIpc) is 2.63. The van der Waals surface area contributed by atoms with Gasteiger partial charge in [-0.05, 0) is 47.7 Å². The number of carbonyl (C=O) groups is 1. The number of halogens is 1. The molecule has 0 saturated heterocycles. The molecule has 0 aliphatic carbocycles. The van der Waals surface area contributed by atoms with Crippen LogP contribution in [-0.2, 0) is 0 Å². The van der Waals surface area contributed by atoms with Crippen molar-refractivity contribution in [2.24, 2.45) is 0 Å². The first-order chi connectivity index (χ1) is 7.58. The molecule has 0 fully saturated rings. The molecule has 2 rings (SSSR count). The van der Waals surface area contributed by atoms with Gasteiger partial charge in [-0.15, -0.1) is 11.3 Å². The minimum absolute atomic E-state index is 0.218. The fourth-order valence-electron chi connectivity index (χ4n) is 1.51.